The Morgan fingerprint density at radius 3 is 2.50 bits per heavy atom. The van der Waals surface area contributed by atoms with Gasteiger partial charge < -0.3 is 20.1 Å². The molecule has 0 radical (unpaired) electrons. The molecule has 2 aromatic carbocycles. The van der Waals surface area contributed by atoms with Gasteiger partial charge in [-0.1, -0.05) is 18.2 Å². The minimum Gasteiger partial charge on any atom is -0.493 e. The number of carbonyl (C=O) groups is 2. The summed E-state index contributed by atoms with van der Waals surface area (Å²) in [7, 11) is 3.12. The zero-order valence-electron chi connectivity index (χ0n) is 16.8. The van der Waals surface area contributed by atoms with Crippen molar-refractivity contribution in [1.29, 1.82) is 0 Å². The Balaban J connectivity index is 1.56. The summed E-state index contributed by atoms with van der Waals surface area (Å²) < 4.78 is 10.5. The molecule has 3 aromatic rings. The molecule has 0 atom stereocenters. The van der Waals surface area contributed by atoms with E-state index in [4.69, 9.17) is 9.47 Å². The average Bonchev–Trinajstić information content (AvgIpc) is 2.78. The summed E-state index contributed by atoms with van der Waals surface area (Å²) in [5.74, 6) is 0.844. The Morgan fingerprint density at radius 1 is 0.933 bits per heavy atom. The number of anilines is 1. The van der Waals surface area contributed by atoms with Gasteiger partial charge in [0, 0.05) is 24.6 Å². The summed E-state index contributed by atoms with van der Waals surface area (Å²) >= 11 is 0. The summed E-state index contributed by atoms with van der Waals surface area (Å²) in [4.78, 5) is 28.5. The van der Waals surface area contributed by atoms with Crippen molar-refractivity contribution in [2.45, 2.75) is 13.0 Å². The van der Waals surface area contributed by atoms with Crippen molar-refractivity contribution in [1.82, 2.24) is 10.3 Å². The molecule has 2 amide bonds. The van der Waals surface area contributed by atoms with Gasteiger partial charge in [0.2, 0.25) is 5.91 Å². The molecule has 0 unspecified atom stereocenters. The maximum atomic E-state index is 12.3. The van der Waals surface area contributed by atoms with Crippen LogP contribution in [0.25, 0.3) is 0 Å². The van der Waals surface area contributed by atoms with Crippen molar-refractivity contribution in [2.24, 2.45) is 0 Å². The average molecular weight is 405 g/mol. The molecule has 0 saturated heterocycles. The normalized spacial score (nSPS) is 10.2. The van der Waals surface area contributed by atoms with E-state index < -0.39 is 0 Å². The van der Waals surface area contributed by atoms with Gasteiger partial charge >= 0.3 is 0 Å². The summed E-state index contributed by atoms with van der Waals surface area (Å²) in [6.07, 6.45) is 3.34. The fraction of sp³-hybridized carbons (Fsp3) is 0.174. The largest absolute Gasteiger partial charge is 0.493 e. The first-order valence-electron chi connectivity index (χ1n) is 9.37. The van der Waals surface area contributed by atoms with Gasteiger partial charge in [-0.15, -0.1) is 0 Å². The van der Waals surface area contributed by atoms with Gasteiger partial charge in [0.05, 0.1) is 26.2 Å². The number of nitrogens with one attached hydrogen (secondary N) is 2. The van der Waals surface area contributed by atoms with Crippen molar-refractivity contribution in [3.05, 3.63) is 83.7 Å². The number of benzene rings is 2. The minimum absolute atomic E-state index is 0.119. The number of methoxy groups -OCH3 is 2. The fourth-order valence-electron chi connectivity index (χ4n) is 2.90. The second kappa shape index (κ2) is 10.1. The van der Waals surface area contributed by atoms with E-state index in [0.717, 1.165) is 11.1 Å². The number of pyridine rings is 1. The first-order valence-corrected chi connectivity index (χ1v) is 9.37. The number of amides is 2. The van der Waals surface area contributed by atoms with Crippen LogP contribution in [0.3, 0.4) is 0 Å². The van der Waals surface area contributed by atoms with E-state index in [2.05, 4.69) is 15.6 Å². The Labute approximate surface area is 175 Å². The van der Waals surface area contributed by atoms with Crippen LogP contribution in [0.4, 0.5) is 5.69 Å². The summed E-state index contributed by atoms with van der Waals surface area (Å²) in [6.45, 7) is 0.350. The third-order valence-electron chi connectivity index (χ3n) is 4.41. The van der Waals surface area contributed by atoms with Gasteiger partial charge in [-0.2, -0.15) is 0 Å². The molecule has 0 aliphatic heterocycles. The number of nitrogens with zero attached hydrogens (tertiary/aromatic N) is 1. The standard InChI is InChI=1S/C23H23N3O4/c1-29-20-9-8-16(12-21(20)30-2)13-22(27)25-14-17-5-3-7-19(11-17)26-23(28)18-6-4-10-24-15-18/h3-12,15H,13-14H2,1-2H3,(H,25,27)(H,26,28). The molecule has 0 aliphatic carbocycles. The predicted molar refractivity (Wildman–Crippen MR) is 114 cm³/mol. The van der Waals surface area contributed by atoms with Gasteiger partial charge in [-0.05, 0) is 47.5 Å². The zero-order chi connectivity index (χ0) is 21.3. The molecule has 0 saturated carbocycles. The lowest BCUT2D eigenvalue weighted by Gasteiger charge is -2.11. The number of hydrogen-bond donors (Lipinski definition) is 2. The van der Waals surface area contributed by atoms with E-state index in [1.807, 2.05) is 24.3 Å². The molecule has 2 N–H and O–H groups in total. The zero-order valence-corrected chi connectivity index (χ0v) is 16.8. The van der Waals surface area contributed by atoms with Gasteiger partial charge in [0.25, 0.3) is 5.91 Å². The molecule has 0 spiro atoms. The molecule has 7 heteroatoms. The van der Waals surface area contributed by atoms with Crippen LogP contribution in [0.1, 0.15) is 21.5 Å². The number of carbonyl (C=O) groups excluding carboxylic acids is 2. The van der Waals surface area contributed by atoms with Crippen LogP contribution in [0.15, 0.2) is 67.0 Å². The monoisotopic (exact) mass is 405 g/mol. The maximum Gasteiger partial charge on any atom is 0.257 e. The highest BCUT2D eigenvalue weighted by Crippen LogP contribution is 2.27. The fourth-order valence-corrected chi connectivity index (χ4v) is 2.90. The van der Waals surface area contributed by atoms with Crippen molar-refractivity contribution >= 4 is 17.5 Å². The van der Waals surface area contributed by atoms with Gasteiger partial charge in [0.15, 0.2) is 11.5 Å². The Bertz CT molecular complexity index is 1020. The lowest BCUT2D eigenvalue weighted by molar-refractivity contribution is -0.120. The second-order valence-electron chi connectivity index (χ2n) is 6.54. The lowest BCUT2D eigenvalue weighted by atomic mass is 10.1. The smallest absolute Gasteiger partial charge is 0.257 e. The van der Waals surface area contributed by atoms with Crippen LogP contribution in [-0.2, 0) is 17.8 Å². The third-order valence-corrected chi connectivity index (χ3v) is 4.41. The second-order valence-corrected chi connectivity index (χ2v) is 6.54. The lowest BCUT2D eigenvalue weighted by Crippen LogP contribution is -2.24. The van der Waals surface area contributed by atoms with Crippen LogP contribution in [0.2, 0.25) is 0 Å². The minimum atomic E-state index is -0.238. The molecule has 0 fully saturated rings. The number of aromatic nitrogens is 1. The SMILES string of the molecule is COc1ccc(CC(=O)NCc2cccc(NC(=O)c3cccnc3)c2)cc1OC. The van der Waals surface area contributed by atoms with Crippen LogP contribution in [-0.4, -0.2) is 31.0 Å². The van der Waals surface area contributed by atoms with Gasteiger partial charge in [0.1, 0.15) is 0 Å². The summed E-state index contributed by atoms with van der Waals surface area (Å²) in [6, 6.07) is 16.1. The number of hydrogen-bond acceptors (Lipinski definition) is 5. The Morgan fingerprint density at radius 2 is 1.77 bits per heavy atom. The van der Waals surface area contributed by atoms with Crippen molar-refractivity contribution in [3.8, 4) is 11.5 Å². The van der Waals surface area contributed by atoms with Crippen molar-refractivity contribution in [2.75, 3.05) is 19.5 Å². The topological polar surface area (TPSA) is 89.6 Å². The highest BCUT2D eigenvalue weighted by Gasteiger charge is 2.09. The van der Waals surface area contributed by atoms with Crippen LogP contribution < -0.4 is 20.1 Å². The van der Waals surface area contributed by atoms with Crippen LogP contribution >= 0.6 is 0 Å². The summed E-state index contributed by atoms with van der Waals surface area (Å²) in [5, 5.41) is 5.72. The highest BCUT2D eigenvalue weighted by atomic mass is 16.5. The van der Waals surface area contributed by atoms with E-state index in [0.29, 0.717) is 29.3 Å². The van der Waals surface area contributed by atoms with Crippen molar-refractivity contribution < 1.29 is 19.1 Å². The van der Waals surface area contributed by atoms with Crippen LogP contribution in [0, 0.1) is 0 Å². The molecule has 1 heterocycles. The first-order chi connectivity index (χ1) is 14.6. The number of ether oxygens (including phenoxy) is 2. The molecule has 1 aromatic heterocycles. The molecule has 0 aliphatic rings. The molecule has 30 heavy (non-hydrogen) atoms. The van der Waals surface area contributed by atoms with Gasteiger partial charge in [-0.3, -0.25) is 14.6 Å². The van der Waals surface area contributed by atoms with Crippen molar-refractivity contribution in [3.63, 3.8) is 0 Å². The van der Waals surface area contributed by atoms with E-state index in [1.165, 1.54) is 6.20 Å². The number of rotatable bonds is 8. The Hall–Kier alpha value is -3.87. The molecule has 0 bridgehead atoms. The molecule has 154 valence electrons. The predicted octanol–water partition coefficient (Wildman–Crippen LogP) is 3.21. The maximum absolute atomic E-state index is 12.3. The molecule has 3 rings (SSSR count). The molecule has 7 nitrogen and oxygen atoms in total. The van der Waals surface area contributed by atoms with Gasteiger partial charge in [-0.25, -0.2) is 0 Å². The third kappa shape index (κ3) is 5.57. The van der Waals surface area contributed by atoms with E-state index in [9.17, 15) is 9.59 Å². The first kappa shape index (κ1) is 20.9. The quantitative estimate of drug-likeness (QED) is 0.601. The van der Waals surface area contributed by atoms with Crippen LogP contribution in [0.5, 0.6) is 11.5 Å². The highest BCUT2D eigenvalue weighted by molar-refractivity contribution is 6.04. The molecular formula is C23H23N3O4. The summed E-state index contributed by atoms with van der Waals surface area (Å²) in [5.41, 5.74) is 2.82. The van der Waals surface area contributed by atoms with E-state index >= 15 is 0 Å². The Kier molecular flexibility index (Phi) is 7.00. The van der Waals surface area contributed by atoms with E-state index in [-0.39, 0.29) is 18.2 Å². The molecular weight excluding hydrogens is 382 g/mol. The van der Waals surface area contributed by atoms with E-state index in [1.54, 1.807) is 50.7 Å².